The maximum atomic E-state index is 13.5. The van der Waals surface area contributed by atoms with E-state index < -0.39 is 11.6 Å². The summed E-state index contributed by atoms with van der Waals surface area (Å²) in [4.78, 5) is 0. The number of benzene rings is 1. The molecule has 0 aliphatic heterocycles. The van der Waals surface area contributed by atoms with E-state index in [9.17, 15) is 8.78 Å². The maximum Gasteiger partial charge on any atom is 0.162 e. The highest BCUT2D eigenvalue weighted by Gasteiger charge is 2.17. The molecule has 2 rings (SSSR count). The van der Waals surface area contributed by atoms with E-state index >= 15 is 0 Å². The van der Waals surface area contributed by atoms with Crippen LogP contribution in [0.3, 0.4) is 0 Å². The smallest absolute Gasteiger partial charge is 0.162 e. The average molecular weight is 253 g/mol. The van der Waals surface area contributed by atoms with E-state index in [0.717, 1.165) is 24.8 Å². The predicted octanol–water partition coefficient (Wildman–Crippen LogP) is 3.81. The van der Waals surface area contributed by atoms with Crippen molar-refractivity contribution in [3.8, 4) is 0 Å². The average Bonchev–Trinajstić information content (AvgIpc) is 2.86. The van der Waals surface area contributed by atoms with E-state index in [1.807, 2.05) is 0 Å². The lowest BCUT2D eigenvalue weighted by molar-refractivity contribution is 0.440. The molecule has 3 heteroatoms. The SMILES string of the molecule is NC(CCC1CCCC1)Cc1cccc(F)c1F. The number of nitrogens with two attached hydrogens (primary N) is 1. The molecule has 1 unspecified atom stereocenters. The Morgan fingerprint density at radius 1 is 1.22 bits per heavy atom. The number of rotatable bonds is 5. The minimum absolute atomic E-state index is 0.0677. The van der Waals surface area contributed by atoms with Crippen LogP contribution < -0.4 is 5.73 Å². The molecular weight excluding hydrogens is 232 g/mol. The van der Waals surface area contributed by atoms with Gasteiger partial charge < -0.3 is 5.73 Å². The highest BCUT2D eigenvalue weighted by molar-refractivity contribution is 5.19. The van der Waals surface area contributed by atoms with Crippen molar-refractivity contribution in [3.05, 3.63) is 35.4 Å². The molecule has 0 bridgehead atoms. The van der Waals surface area contributed by atoms with E-state index in [-0.39, 0.29) is 6.04 Å². The van der Waals surface area contributed by atoms with E-state index in [1.54, 1.807) is 6.07 Å². The summed E-state index contributed by atoms with van der Waals surface area (Å²) in [5.41, 5.74) is 6.41. The van der Waals surface area contributed by atoms with Crippen LogP contribution in [-0.4, -0.2) is 6.04 Å². The molecule has 0 radical (unpaired) electrons. The van der Waals surface area contributed by atoms with E-state index in [4.69, 9.17) is 5.73 Å². The van der Waals surface area contributed by atoms with Crippen LogP contribution in [0.4, 0.5) is 8.78 Å². The van der Waals surface area contributed by atoms with Crippen LogP contribution in [0.25, 0.3) is 0 Å². The van der Waals surface area contributed by atoms with E-state index in [2.05, 4.69) is 0 Å². The zero-order valence-electron chi connectivity index (χ0n) is 10.7. The van der Waals surface area contributed by atoms with Gasteiger partial charge in [-0.1, -0.05) is 37.8 Å². The Labute approximate surface area is 107 Å². The van der Waals surface area contributed by atoms with Gasteiger partial charge in [-0.25, -0.2) is 8.78 Å². The Balaban J connectivity index is 1.82. The normalized spacial score (nSPS) is 18.2. The summed E-state index contributed by atoms with van der Waals surface area (Å²) >= 11 is 0. The van der Waals surface area contributed by atoms with Crippen molar-refractivity contribution in [2.75, 3.05) is 0 Å². The summed E-state index contributed by atoms with van der Waals surface area (Å²) in [6, 6.07) is 4.23. The van der Waals surface area contributed by atoms with Crippen LogP contribution in [0, 0.1) is 17.6 Å². The van der Waals surface area contributed by atoms with Gasteiger partial charge in [0.25, 0.3) is 0 Å². The first kappa shape index (κ1) is 13.5. The third kappa shape index (κ3) is 3.52. The largest absolute Gasteiger partial charge is 0.327 e. The molecule has 1 fully saturated rings. The second-order valence-electron chi connectivity index (χ2n) is 5.40. The number of hydrogen-bond acceptors (Lipinski definition) is 1. The van der Waals surface area contributed by atoms with Gasteiger partial charge >= 0.3 is 0 Å². The summed E-state index contributed by atoms with van der Waals surface area (Å²) < 4.78 is 26.5. The Hall–Kier alpha value is -0.960. The van der Waals surface area contributed by atoms with Crippen molar-refractivity contribution >= 4 is 0 Å². The molecule has 0 heterocycles. The topological polar surface area (TPSA) is 26.0 Å². The van der Waals surface area contributed by atoms with Crippen molar-refractivity contribution in [3.63, 3.8) is 0 Å². The highest BCUT2D eigenvalue weighted by atomic mass is 19.2. The third-order valence-electron chi connectivity index (χ3n) is 3.93. The summed E-state index contributed by atoms with van der Waals surface area (Å²) in [7, 11) is 0. The number of halogens is 2. The predicted molar refractivity (Wildman–Crippen MR) is 69.2 cm³/mol. The molecule has 18 heavy (non-hydrogen) atoms. The standard InChI is InChI=1S/C15H21F2N/c16-14-7-3-6-12(15(14)17)10-13(18)9-8-11-4-1-2-5-11/h3,6-7,11,13H,1-2,4-5,8-10,18H2. The first-order chi connectivity index (χ1) is 8.66. The highest BCUT2D eigenvalue weighted by Crippen LogP contribution is 2.29. The Morgan fingerprint density at radius 2 is 1.94 bits per heavy atom. The minimum atomic E-state index is -0.782. The molecule has 1 atom stereocenters. The van der Waals surface area contributed by atoms with Crippen LogP contribution in [-0.2, 0) is 6.42 Å². The molecule has 1 nitrogen and oxygen atoms in total. The molecule has 0 spiro atoms. The molecule has 0 saturated heterocycles. The fourth-order valence-corrected chi connectivity index (χ4v) is 2.84. The zero-order valence-corrected chi connectivity index (χ0v) is 10.7. The molecule has 1 saturated carbocycles. The lowest BCUT2D eigenvalue weighted by atomic mass is 9.95. The van der Waals surface area contributed by atoms with Crippen LogP contribution in [0.5, 0.6) is 0 Å². The van der Waals surface area contributed by atoms with Crippen LogP contribution in [0.1, 0.15) is 44.1 Å². The third-order valence-corrected chi connectivity index (χ3v) is 3.93. The van der Waals surface area contributed by atoms with Gasteiger partial charge in [-0.3, -0.25) is 0 Å². The fourth-order valence-electron chi connectivity index (χ4n) is 2.84. The van der Waals surface area contributed by atoms with Gasteiger partial charge in [0.15, 0.2) is 11.6 Å². The summed E-state index contributed by atoms with van der Waals surface area (Å²) in [5.74, 6) is -0.724. The first-order valence-corrected chi connectivity index (χ1v) is 6.85. The minimum Gasteiger partial charge on any atom is -0.327 e. The van der Waals surface area contributed by atoms with Crippen LogP contribution in [0.15, 0.2) is 18.2 Å². The monoisotopic (exact) mass is 253 g/mol. The molecule has 1 aromatic rings. The van der Waals surface area contributed by atoms with Crippen molar-refractivity contribution in [2.24, 2.45) is 11.7 Å². The molecule has 1 aromatic carbocycles. The van der Waals surface area contributed by atoms with Gasteiger partial charge in [-0.05, 0) is 36.8 Å². The second-order valence-corrected chi connectivity index (χ2v) is 5.40. The van der Waals surface area contributed by atoms with Crippen molar-refractivity contribution in [2.45, 2.75) is 51.0 Å². The van der Waals surface area contributed by atoms with Gasteiger partial charge in [0, 0.05) is 6.04 Å². The molecular formula is C15H21F2N. The van der Waals surface area contributed by atoms with Crippen LogP contribution >= 0.6 is 0 Å². The van der Waals surface area contributed by atoms with E-state index in [1.165, 1.54) is 31.7 Å². The second kappa shape index (κ2) is 6.28. The Bertz CT molecular complexity index is 386. The summed E-state index contributed by atoms with van der Waals surface area (Å²) in [6.07, 6.45) is 7.73. The molecule has 2 N–H and O–H groups in total. The maximum absolute atomic E-state index is 13.5. The van der Waals surface area contributed by atoms with Crippen molar-refractivity contribution < 1.29 is 8.78 Å². The quantitative estimate of drug-likeness (QED) is 0.848. The van der Waals surface area contributed by atoms with Gasteiger partial charge in [0.1, 0.15) is 0 Å². The lowest BCUT2D eigenvalue weighted by Gasteiger charge is -2.15. The molecule has 100 valence electrons. The molecule has 0 amide bonds. The zero-order chi connectivity index (χ0) is 13.0. The van der Waals surface area contributed by atoms with Crippen molar-refractivity contribution in [1.29, 1.82) is 0 Å². The van der Waals surface area contributed by atoms with Gasteiger partial charge in [-0.15, -0.1) is 0 Å². The Kier molecular flexibility index (Phi) is 4.70. The van der Waals surface area contributed by atoms with Crippen molar-refractivity contribution in [1.82, 2.24) is 0 Å². The fraction of sp³-hybridized carbons (Fsp3) is 0.600. The number of hydrogen-bond donors (Lipinski definition) is 1. The lowest BCUT2D eigenvalue weighted by Crippen LogP contribution is -2.24. The van der Waals surface area contributed by atoms with Gasteiger partial charge in [-0.2, -0.15) is 0 Å². The van der Waals surface area contributed by atoms with E-state index in [0.29, 0.717) is 12.0 Å². The summed E-state index contributed by atoms with van der Waals surface area (Å²) in [6.45, 7) is 0. The first-order valence-electron chi connectivity index (χ1n) is 6.85. The molecule has 1 aliphatic rings. The Morgan fingerprint density at radius 3 is 2.67 bits per heavy atom. The summed E-state index contributed by atoms with van der Waals surface area (Å²) in [5, 5.41) is 0. The van der Waals surface area contributed by atoms with Gasteiger partial charge in [0.2, 0.25) is 0 Å². The van der Waals surface area contributed by atoms with Gasteiger partial charge in [0.05, 0.1) is 0 Å². The van der Waals surface area contributed by atoms with Crippen LogP contribution in [0.2, 0.25) is 0 Å². The molecule has 0 aromatic heterocycles. The molecule has 1 aliphatic carbocycles.